The lowest BCUT2D eigenvalue weighted by atomic mass is 9.80. The molecule has 0 spiro atoms. The van der Waals surface area contributed by atoms with Crippen molar-refractivity contribution in [2.75, 3.05) is 0 Å². The molecule has 33 heavy (non-hydrogen) atoms. The van der Waals surface area contributed by atoms with Crippen molar-refractivity contribution in [3.63, 3.8) is 0 Å². The molecule has 0 fully saturated rings. The Morgan fingerprint density at radius 2 is 0.515 bits per heavy atom. The zero-order valence-electron chi connectivity index (χ0n) is 13.7. The van der Waals surface area contributed by atoms with Crippen molar-refractivity contribution in [2.24, 2.45) is 0 Å². The zero-order chi connectivity index (χ0) is 27.7. The van der Waals surface area contributed by atoms with Crippen molar-refractivity contribution in [1.29, 1.82) is 0 Å². The number of ether oxygens (including phenoxy) is 1. The van der Waals surface area contributed by atoms with Crippen LogP contribution < -0.4 is 0 Å². The Kier molecular flexibility index (Phi) is 7.10. The van der Waals surface area contributed by atoms with Gasteiger partial charge in [-0.3, -0.25) is 4.74 Å². The maximum absolute atomic E-state index is 14.3. The molecule has 0 unspecified atom stereocenters. The highest BCUT2D eigenvalue weighted by Crippen LogP contribution is 2.67. The zero-order valence-corrected chi connectivity index (χ0v) is 13.7. The number of rotatable bonds is 5. The molecule has 0 aliphatic rings. The standard InChI is InChI=1S/C10F22O/c11-1(5(16,17)18,6(19,20)21)4(15,2(12,7(22,23)24)8(25,26)27)33-10(31,32)3(13,14)9(28,29)30. The van der Waals surface area contributed by atoms with Gasteiger partial charge in [-0.1, -0.05) is 0 Å². The first kappa shape index (κ1) is 31.4. The average Bonchev–Trinajstić information content (AvgIpc) is 2.46. The van der Waals surface area contributed by atoms with E-state index in [1.165, 1.54) is 0 Å². The summed E-state index contributed by atoms with van der Waals surface area (Å²) in [5.74, 6) is -17.9. The molecular formula is C10F22O. The third kappa shape index (κ3) is 4.21. The van der Waals surface area contributed by atoms with Crippen LogP contribution in [0.2, 0.25) is 0 Å². The highest BCUT2D eigenvalue weighted by molar-refractivity contribution is 5.20. The van der Waals surface area contributed by atoms with Crippen molar-refractivity contribution in [1.82, 2.24) is 0 Å². The largest absolute Gasteiger partial charge is 0.462 e. The smallest absolute Gasteiger partial charge is 0.270 e. The minimum atomic E-state index is -9.51. The number of halogens is 22. The predicted octanol–water partition coefficient (Wildman–Crippen LogP) is 7.13. The quantitative estimate of drug-likeness (QED) is 0.329. The third-order valence-electron chi connectivity index (χ3n) is 3.44. The summed E-state index contributed by atoms with van der Waals surface area (Å²) in [6.07, 6.45) is -51.7. The number of hydrogen-bond donors (Lipinski definition) is 0. The Bertz CT molecular complexity index is 631. The first-order valence-corrected chi connectivity index (χ1v) is 6.57. The molecule has 0 atom stereocenters. The molecule has 0 aliphatic carbocycles. The third-order valence-corrected chi connectivity index (χ3v) is 3.44. The van der Waals surface area contributed by atoms with Gasteiger partial charge in [0.1, 0.15) is 0 Å². The van der Waals surface area contributed by atoms with E-state index in [9.17, 15) is 96.6 Å². The van der Waals surface area contributed by atoms with Gasteiger partial charge in [0.25, 0.3) is 0 Å². The van der Waals surface area contributed by atoms with E-state index in [1.807, 2.05) is 0 Å². The molecule has 0 aromatic heterocycles. The van der Waals surface area contributed by atoms with Crippen molar-refractivity contribution >= 4 is 0 Å². The second-order valence-corrected chi connectivity index (χ2v) is 5.59. The Morgan fingerprint density at radius 1 is 0.303 bits per heavy atom. The Morgan fingerprint density at radius 3 is 0.667 bits per heavy atom. The van der Waals surface area contributed by atoms with Crippen molar-refractivity contribution < 1.29 is 101 Å². The maximum atomic E-state index is 14.3. The lowest BCUT2D eigenvalue weighted by Gasteiger charge is -2.48. The Balaban J connectivity index is 7.92. The van der Waals surface area contributed by atoms with E-state index in [0.29, 0.717) is 0 Å². The van der Waals surface area contributed by atoms with Gasteiger partial charge in [-0.15, -0.1) is 0 Å². The van der Waals surface area contributed by atoms with Gasteiger partial charge >= 0.3 is 60.1 Å². The first-order valence-electron chi connectivity index (χ1n) is 6.57. The fourth-order valence-corrected chi connectivity index (χ4v) is 1.83. The van der Waals surface area contributed by atoms with E-state index >= 15 is 0 Å². The van der Waals surface area contributed by atoms with Crippen LogP contribution in [-0.2, 0) is 4.74 Å². The fourth-order valence-electron chi connectivity index (χ4n) is 1.83. The molecule has 0 amide bonds. The van der Waals surface area contributed by atoms with E-state index in [1.54, 1.807) is 0 Å². The number of alkyl halides is 22. The van der Waals surface area contributed by atoms with Crippen molar-refractivity contribution in [2.45, 2.75) is 60.1 Å². The normalized spacial score (nSPS) is 16.9. The summed E-state index contributed by atoms with van der Waals surface area (Å²) < 4.78 is 280. The summed E-state index contributed by atoms with van der Waals surface area (Å²) in [5.41, 5.74) is -18.6. The van der Waals surface area contributed by atoms with Crippen molar-refractivity contribution in [3.8, 4) is 0 Å². The van der Waals surface area contributed by atoms with Crippen molar-refractivity contribution in [3.05, 3.63) is 0 Å². The molecular weight excluding hydrogens is 554 g/mol. The molecule has 0 aromatic rings. The molecule has 0 rings (SSSR count). The van der Waals surface area contributed by atoms with Gasteiger partial charge in [0.15, 0.2) is 0 Å². The van der Waals surface area contributed by atoms with Crippen LogP contribution in [0.4, 0.5) is 96.6 Å². The average molecular weight is 554 g/mol. The monoisotopic (exact) mass is 554 g/mol. The van der Waals surface area contributed by atoms with Crippen LogP contribution in [0.5, 0.6) is 0 Å². The van der Waals surface area contributed by atoms with Crippen LogP contribution in [-0.4, -0.2) is 60.1 Å². The molecule has 0 aliphatic heterocycles. The van der Waals surface area contributed by atoms with Gasteiger partial charge in [0, 0.05) is 0 Å². The van der Waals surface area contributed by atoms with Crippen LogP contribution in [0.1, 0.15) is 0 Å². The Hall–Kier alpha value is -1.58. The minimum Gasteiger partial charge on any atom is -0.270 e. The fraction of sp³-hybridized carbons (Fsp3) is 1.00. The summed E-state index contributed by atoms with van der Waals surface area (Å²) in [6.45, 7) is 0. The van der Waals surface area contributed by atoms with Gasteiger partial charge in [-0.25, -0.2) is 13.2 Å². The van der Waals surface area contributed by atoms with Crippen LogP contribution in [0, 0.1) is 0 Å². The van der Waals surface area contributed by atoms with E-state index in [-0.39, 0.29) is 0 Å². The summed E-state index contributed by atoms with van der Waals surface area (Å²) in [7, 11) is 0. The summed E-state index contributed by atoms with van der Waals surface area (Å²) in [6, 6.07) is 0. The predicted molar refractivity (Wildman–Crippen MR) is 52.8 cm³/mol. The molecule has 0 saturated carbocycles. The van der Waals surface area contributed by atoms with Gasteiger partial charge < -0.3 is 0 Å². The van der Waals surface area contributed by atoms with Gasteiger partial charge in [0.2, 0.25) is 0 Å². The summed E-state index contributed by atoms with van der Waals surface area (Å²) in [5, 5.41) is 0. The van der Waals surface area contributed by atoms with Crippen LogP contribution >= 0.6 is 0 Å². The molecule has 0 radical (unpaired) electrons. The molecule has 0 heterocycles. The lowest BCUT2D eigenvalue weighted by Crippen LogP contribution is -2.81. The number of hydrogen-bond acceptors (Lipinski definition) is 1. The van der Waals surface area contributed by atoms with Gasteiger partial charge in [0.05, 0.1) is 0 Å². The van der Waals surface area contributed by atoms with E-state index < -0.39 is 60.1 Å². The van der Waals surface area contributed by atoms with E-state index in [0.717, 1.165) is 4.74 Å². The summed E-state index contributed by atoms with van der Waals surface area (Å²) >= 11 is 0. The van der Waals surface area contributed by atoms with Crippen LogP contribution in [0.25, 0.3) is 0 Å². The second-order valence-electron chi connectivity index (χ2n) is 5.59. The molecule has 0 saturated heterocycles. The van der Waals surface area contributed by atoms with Crippen LogP contribution in [0.15, 0.2) is 0 Å². The van der Waals surface area contributed by atoms with Gasteiger partial charge in [-0.2, -0.15) is 83.4 Å². The van der Waals surface area contributed by atoms with E-state index in [4.69, 9.17) is 0 Å². The summed E-state index contributed by atoms with van der Waals surface area (Å²) in [4.78, 5) is 0. The highest BCUT2D eigenvalue weighted by atomic mass is 19.5. The molecule has 23 heteroatoms. The first-order chi connectivity index (χ1) is 13.7. The Labute approximate surface area is 163 Å². The topological polar surface area (TPSA) is 9.23 Å². The van der Waals surface area contributed by atoms with E-state index in [2.05, 4.69) is 0 Å². The minimum absolute atomic E-state index is 0.753. The lowest BCUT2D eigenvalue weighted by molar-refractivity contribution is -0.542. The highest BCUT2D eigenvalue weighted by Gasteiger charge is 2.99. The molecule has 0 bridgehead atoms. The molecule has 0 aromatic carbocycles. The molecule has 1 nitrogen and oxygen atoms in total. The van der Waals surface area contributed by atoms with Crippen LogP contribution in [0.3, 0.4) is 0 Å². The maximum Gasteiger partial charge on any atom is 0.462 e. The SMILES string of the molecule is FC(F)(F)C(F)(F)C(F)(F)OC(F)(C(F)(C(F)(F)F)C(F)(F)F)C(F)(C(F)(F)F)C(F)(F)F. The molecule has 0 N–H and O–H groups in total. The second kappa shape index (κ2) is 7.46. The van der Waals surface area contributed by atoms with Gasteiger partial charge in [-0.05, 0) is 0 Å². The molecule has 200 valence electrons.